The van der Waals surface area contributed by atoms with Gasteiger partial charge in [-0.15, -0.1) is 0 Å². The van der Waals surface area contributed by atoms with Crippen LogP contribution >= 0.6 is 0 Å². The third-order valence-corrected chi connectivity index (χ3v) is 11.6. The monoisotopic (exact) mass is 990 g/mol. The zero-order valence-electron chi connectivity index (χ0n) is 38.2. The molecule has 0 saturated carbocycles. The number of esters is 2. The summed E-state index contributed by atoms with van der Waals surface area (Å²) in [7, 11) is 5.16. The fourth-order valence-corrected chi connectivity index (χ4v) is 7.86. The van der Waals surface area contributed by atoms with Crippen molar-refractivity contribution < 1.29 is 103 Å². The number of rotatable bonds is 16. The number of aromatic hydroxyl groups is 4. The highest BCUT2D eigenvalue weighted by Crippen LogP contribution is 2.46. The molecule has 7 rings (SSSR count). The molecule has 22 heteroatoms. The van der Waals surface area contributed by atoms with Crippen LogP contribution in [0.15, 0.2) is 88.1 Å². The Hall–Kier alpha value is -7.41. The first-order valence-electron chi connectivity index (χ1n) is 21.5. The number of phenols is 4. The number of aliphatic hydroxyl groups excluding tert-OH is 5. The van der Waals surface area contributed by atoms with E-state index in [0.29, 0.717) is 16.7 Å². The predicted octanol–water partition coefficient (Wildman–Crippen LogP) is 2.18. The molecule has 22 nitrogen and oxygen atoms in total. The lowest BCUT2D eigenvalue weighted by Crippen LogP contribution is -2.63. The highest BCUT2D eigenvalue weighted by Gasteiger charge is 2.52. The van der Waals surface area contributed by atoms with Crippen molar-refractivity contribution in [3.63, 3.8) is 0 Å². The van der Waals surface area contributed by atoms with Gasteiger partial charge in [-0.05, 0) is 71.8 Å². The molecule has 0 unspecified atom stereocenters. The normalized spacial score (nSPS) is 24.5. The fraction of sp³-hybridized carbons (Fsp3) is 0.327. The Balaban J connectivity index is 1.21. The highest BCUT2D eigenvalue weighted by atomic mass is 16.7. The van der Waals surface area contributed by atoms with E-state index < -0.39 is 103 Å². The van der Waals surface area contributed by atoms with Crippen molar-refractivity contribution in [2.24, 2.45) is 0 Å². The smallest absolute Gasteiger partial charge is 0.330 e. The Morgan fingerprint density at radius 2 is 1.17 bits per heavy atom. The van der Waals surface area contributed by atoms with Crippen molar-refractivity contribution in [1.82, 2.24) is 0 Å². The maximum atomic E-state index is 13.8. The molecule has 378 valence electrons. The number of carbonyl (C=O) groups is 2. The molecular formula is C49H50O22. The summed E-state index contributed by atoms with van der Waals surface area (Å²) < 4.78 is 56.3. The summed E-state index contributed by atoms with van der Waals surface area (Å²) in [4.78, 5) is 39.7. The van der Waals surface area contributed by atoms with Gasteiger partial charge < -0.3 is 93.0 Å². The molecular weight excluding hydrogens is 941 g/mol. The van der Waals surface area contributed by atoms with Crippen LogP contribution in [-0.2, 0) is 33.3 Å². The van der Waals surface area contributed by atoms with E-state index in [1.54, 1.807) is 0 Å². The number of fused-ring (bicyclic) bond motifs is 1. The lowest BCUT2D eigenvalue weighted by molar-refractivity contribution is -0.342. The largest absolute Gasteiger partial charge is 0.508 e. The van der Waals surface area contributed by atoms with Crippen molar-refractivity contribution in [3.8, 4) is 57.3 Å². The summed E-state index contributed by atoms with van der Waals surface area (Å²) in [5, 5.41) is 97.5. The second-order valence-corrected chi connectivity index (χ2v) is 16.1. The van der Waals surface area contributed by atoms with E-state index in [9.17, 15) is 60.3 Å². The summed E-state index contributed by atoms with van der Waals surface area (Å²) >= 11 is 0. The zero-order chi connectivity index (χ0) is 51.3. The molecule has 2 aliphatic rings. The minimum absolute atomic E-state index is 0.0458. The van der Waals surface area contributed by atoms with E-state index >= 15 is 0 Å². The van der Waals surface area contributed by atoms with Gasteiger partial charge in [-0.3, -0.25) is 4.79 Å². The van der Waals surface area contributed by atoms with Crippen molar-refractivity contribution >= 4 is 35.1 Å². The van der Waals surface area contributed by atoms with Gasteiger partial charge in [0.25, 0.3) is 0 Å². The first-order chi connectivity index (χ1) is 34.0. The highest BCUT2D eigenvalue weighted by molar-refractivity contribution is 5.90. The molecule has 0 aliphatic carbocycles. The first-order valence-corrected chi connectivity index (χ1v) is 21.5. The standard InChI is InChI=1S/C49H50O22/c1-62-30-15-22(5-12-26(30)51)6-13-36(54)67-21-35-41(57)43(59)45(61)49(70-35)71-48-44(60)42(58)34(20-66-37(55)14-7-23-16-32(64-3)40(56)33(17-23)65-4)69-47(48)39-31(63-2)19-28(53)38-27(52)18-29(68-46(38)39)24-8-10-25(50)11-9-24/h5-19,34-35,41-45,47-51,53,56-61H,20-21H2,1-4H3/b13-6+,14-7+/t34-,35-,41-,42-,43+,44+,45-,47+,48-,49+/m1/s1. The van der Waals surface area contributed by atoms with Gasteiger partial charge in [-0.1, -0.05) is 6.07 Å². The van der Waals surface area contributed by atoms with E-state index in [1.807, 2.05) is 0 Å². The van der Waals surface area contributed by atoms with Crippen LogP contribution in [0.25, 0.3) is 34.4 Å². The van der Waals surface area contributed by atoms with Crippen LogP contribution in [0, 0.1) is 0 Å². The number of hydrogen-bond donors (Lipinski definition) is 9. The Kier molecular flexibility index (Phi) is 16.0. The van der Waals surface area contributed by atoms with Crippen molar-refractivity contribution in [2.45, 2.75) is 61.2 Å². The first kappa shape index (κ1) is 51.4. The number of phenolic OH excluding ortho intramolecular Hbond substituents is 4. The zero-order valence-corrected chi connectivity index (χ0v) is 38.2. The van der Waals surface area contributed by atoms with Crippen LogP contribution in [0.5, 0.6) is 46.0 Å². The third-order valence-electron chi connectivity index (χ3n) is 11.6. The summed E-state index contributed by atoms with van der Waals surface area (Å²) in [5.41, 5.74) is -0.298. The molecule has 2 saturated heterocycles. The predicted molar refractivity (Wildman–Crippen MR) is 245 cm³/mol. The molecule has 4 aromatic carbocycles. The molecule has 5 aromatic rings. The molecule has 2 fully saturated rings. The summed E-state index contributed by atoms with van der Waals surface area (Å²) in [6.45, 7) is -1.47. The number of methoxy groups -OCH3 is 4. The molecule has 10 atom stereocenters. The van der Waals surface area contributed by atoms with Crippen LogP contribution < -0.4 is 24.4 Å². The minimum atomic E-state index is -2.08. The van der Waals surface area contributed by atoms with Crippen molar-refractivity contribution in [2.75, 3.05) is 41.7 Å². The Morgan fingerprint density at radius 1 is 0.606 bits per heavy atom. The molecule has 3 heterocycles. The molecule has 9 N–H and O–H groups in total. The van der Waals surface area contributed by atoms with Gasteiger partial charge in [0.15, 0.2) is 40.3 Å². The summed E-state index contributed by atoms with van der Waals surface area (Å²) in [5.74, 6) is -3.11. The van der Waals surface area contributed by atoms with Crippen LogP contribution in [0.3, 0.4) is 0 Å². The second kappa shape index (κ2) is 22.1. The number of benzene rings is 4. The average Bonchev–Trinajstić information content (AvgIpc) is 3.36. The van der Waals surface area contributed by atoms with E-state index in [2.05, 4.69) is 0 Å². The SMILES string of the molecule is COc1cc(/C=C/C(=O)OC[C@H]2O[C@@H](O[C@@H]3[C@@H](O)[C@H](O)[C@@H](COC(=O)/C=C/c4cc(OC)c(O)c(OC)c4)O[C@H]3c3c(OC)cc(O)c4c(=O)cc(-c5ccc(O)cc5)oc34)[C@H](O)[C@@H](O)[C@@H]2O)ccc1O. The minimum Gasteiger partial charge on any atom is -0.508 e. The van der Waals surface area contributed by atoms with E-state index in [0.717, 1.165) is 24.3 Å². The molecule has 0 spiro atoms. The lowest BCUT2D eigenvalue weighted by atomic mass is 9.89. The molecule has 71 heavy (non-hydrogen) atoms. The Morgan fingerprint density at radius 3 is 1.77 bits per heavy atom. The fourth-order valence-electron chi connectivity index (χ4n) is 7.86. The Labute approximate surface area is 402 Å². The molecule has 0 amide bonds. The number of carbonyl (C=O) groups excluding carboxylic acids is 2. The van der Waals surface area contributed by atoms with Crippen LogP contribution in [-0.4, -0.2) is 155 Å². The van der Waals surface area contributed by atoms with Crippen molar-refractivity contribution in [1.29, 1.82) is 0 Å². The molecule has 1 aromatic heterocycles. The van der Waals surface area contributed by atoms with Crippen molar-refractivity contribution in [3.05, 3.63) is 106 Å². The number of aliphatic hydroxyl groups is 5. The quantitative estimate of drug-likeness (QED) is 0.0505. The van der Waals surface area contributed by atoms with Gasteiger partial charge in [0.05, 0.1) is 34.0 Å². The molecule has 2 aliphatic heterocycles. The van der Waals surface area contributed by atoms with Gasteiger partial charge >= 0.3 is 11.9 Å². The van der Waals surface area contributed by atoms with Gasteiger partial charge in [0, 0.05) is 29.8 Å². The van der Waals surface area contributed by atoms with E-state index in [4.69, 9.17) is 47.0 Å². The molecule has 0 bridgehead atoms. The molecule has 0 radical (unpaired) electrons. The van der Waals surface area contributed by atoms with Gasteiger partial charge in [0.1, 0.15) is 96.5 Å². The maximum Gasteiger partial charge on any atom is 0.330 e. The van der Waals surface area contributed by atoms with Crippen LogP contribution in [0.2, 0.25) is 0 Å². The van der Waals surface area contributed by atoms with Gasteiger partial charge in [-0.25, -0.2) is 9.59 Å². The number of ether oxygens (including phenoxy) is 9. The van der Waals surface area contributed by atoms with Gasteiger partial charge in [-0.2, -0.15) is 0 Å². The van der Waals surface area contributed by atoms with E-state index in [1.165, 1.54) is 95.2 Å². The summed E-state index contributed by atoms with van der Waals surface area (Å²) in [6, 6.07) is 14.8. The van der Waals surface area contributed by atoms with Crippen LogP contribution in [0.1, 0.15) is 22.8 Å². The van der Waals surface area contributed by atoms with E-state index in [-0.39, 0.29) is 57.2 Å². The number of hydrogen-bond acceptors (Lipinski definition) is 22. The maximum absolute atomic E-state index is 13.8. The topological polar surface area (TPSA) is 329 Å². The average molecular weight is 991 g/mol. The second-order valence-electron chi connectivity index (χ2n) is 16.1. The van der Waals surface area contributed by atoms with Gasteiger partial charge in [0.2, 0.25) is 5.75 Å². The lowest BCUT2D eigenvalue weighted by Gasteiger charge is -2.46. The Bertz CT molecular complexity index is 2810. The van der Waals surface area contributed by atoms with Crippen LogP contribution in [0.4, 0.5) is 0 Å². The summed E-state index contributed by atoms with van der Waals surface area (Å²) in [6.07, 6.45) is -14.2. The third kappa shape index (κ3) is 11.1.